The van der Waals surface area contributed by atoms with E-state index >= 15 is 0 Å². The lowest BCUT2D eigenvalue weighted by Crippen LogP contribution is -1.68. The monoisotopic (exact) mass is 222 g/mol. The molecule has 0 N–H and O–H groups in total. The fourth-order valence-electron chi connectivity index (χ4n) is 0.963. The number of oxazole rings is 1. The number of aromatic nitrogens is 1. The molecule has 2 rings (SSSR count). The lowest BCUT2D eigenvalue weighted by Gasteiger charge is -1.87. The topological polar surface area (TPSA) is 49.8 Å². The molecule has 1 aromatic heterocycles. The van der Waals surface area contributed by atoms with E-state index in [2.05, 4.69) is 20.9 Å². The van der Waals surface area contributed by atoms with Gasteiger partial charge in [0.15, 0.2) is 11.7 Å². The average Bonchev–Trinajstić information content (AvgIpc) is 2.49. The molecule has 0 atom stereocenters. The summed E-state index contributed by atoms with van der Waals surface area (Å²) in [4.78, 5) is 3.93. The molecule has 0 aliphatic rings. The number of nitrogens with zero attached hydrogens (tertiary/aromatic N) is 2. The Morgan fingerprint density at radius 3 is 3.00 bits per heavy atom. The summed E-state index contributed by atoms with van der Waals surface area (Å²) in [6, 6.07) is 7.33. The molecule has 4 heteroatoms. The van der Waals surface area contributed by atoms with E-state index in [-0.39, 0.29) is 5.89 Å². The van der Waals surface area contributed by atoms with Crippen molar-refractivity contribution in [3.63, 3.8) is 0 Å². The van der Waals surface area contributed by atoms with Gasteiger partial charge in [-0.25, -0.2) is 0 Å². The van der Waals surface area contributed by atoms with Gasteiger partial charge in [0, 0.05) is 0 Å². The number of hydrogen-bond donors (Lipinski definition) is 0. The number of benzene rings is 1. The van der Waals surface area contributed by atoms with Crippen molar-refractivity contribution >= 4 is 27.0 Å². The molecule has 0 spiro atoms. The van der Waals surface area contributed by atoms with Gasteiger partial charge in [0.2, 0.25) is 0 Å². The second-order valence-electron chi connectivity index (χ2n) is 2.22. The highest BCUT2D eigenvalue weighted by Gasteiger charge is 2.06. The maximum atomic E-state index is 8.51. The van der Waals surface area contributed by atoms with Crippen molar-refractivity contribution in [3.8, 4) is 6.07 Å². The van der Waals surface area contributed by atoms with Crippen molar-refractivity contribution in [3.05, 3.63) is 28.6 Å². The van der Waals surface area contributed by atoms with Crippen LogP contribution in [0.3, 0.4) is 0 Å². The summed E-state index contributed by atoms with van der Waals surface area (Å²) in [5.74, 6) is 0.0944. The normalized spacial score (nSPS) is 10.0. The number of nitriles is 1. The zero-order valence-corrected chi connectivity index (χ0v) is 7.50. The molecule has 0 unspecified atom stereocenters. The van der Waals surface area contributed by atoms with Gasteiger partial charge in [-0.1, -0.05) is 6.07 Å². The average molecular weight is 223 g/mol. The zero-order chi connectivity index (χ0) is 8.55. The fraction of sp³-hybridized carbons (Fsp3) is 0. The molecule has 3 nitrogen and oxygen atoms in total. The summed E-state index contributed by atoms with van der Waals surface area (Å²) in [6.07, 6.45) is 0. The van der Waals surface area contributed by atoms with Gasteiger partial charge in [-0.3, -0.25) is 0 Å². The molecular weight excluding hydrogens is 220 g/mol. The maximum absolute atomic E-state index is 8.51. The minimum atomic E-state index is 0.0944. The number of fused-ring (bicyclic) bond motifs is 1. The summed E-state index contributed by atoms with van der Waals surface area (Å²) in [5.41, 5.74) is 1.31. The van der Waals surface area contributed by atoms with Gasteiger partial charge in [-0.15, -0.1) is 0 Å². The SMILES string of the molecule is N#Cc1nc2cccc(Br)c2o1. The Morgan fingerprint density at radius 2 is 2.33 bits per heavy atom. The first-order valence-corrected chi connectivity index (χ1v) is 4.06. The number of rotatable bonds is 0. The van der Waals surface area contributed by atoms with Crippen molar-refractivity contribution in [2.45, 2.75) is 0 Å². The van der Waals surface area contributed by atoms with Crippen molar-refractivity contribution in [2.75, 3.05) is 0 Å². The van der Waals surface area contributed by atoms with E-state index in [0.29, 0.717) is 11.1 Å². The minimum Gasteiger partial charge on any atom is -0.427 e. The lowest BCUT2D eigenvalue weighted by molar-refractivity contribution is 0.582. The highest BCUT2D eigenvalue weighted by Crippen LogP contribution is 2.23. The molecule has 0 fully saturated rings. The van der Waals surface area contributed by atoms with Gasteiger partial charge < -0.3 is 4.42 Å². The summed E-state index contributed by atoms with van der Waals surface area (Å²) < 4.78 is 5.94. The molecule has 0 amide bonds. The lowest BCUT2D eigenvalue weighted by atomic mass is 10.3. The Labute approximate surface area is 76.8 Å². The predicted molar refractivity (Wildman–Crippen MR) is 46.4 cm³/mol. The highest BCUT2D eigenvalue weighted by atomic mass is 79.9. The smallest absolute Gasteiger partial charge is 0.301 e. The van der Waals surface area contributed by atoms with E-state index in [1.807, 2.05) is 18.2 Å². The van der Waals surface area contributed by atoms with Crippen LogP contribution >= 0.6 is 15.9 Å². The van der Waals surface area contributed by atoms with Crippen LogP contribution in [0.25, 0.3) is 11.1 Å². The van der Waals surface area contributed by atoms with Gasteiger partial charge in [0.05, 0.1) is 4.47 Å². The van der Waals surface area contributed by atoms with Gasteiger partial charge in [-0.05, 0) is 28.1 Å². The summed E-state index contributed by atoms with van der Waals surface area (Å²) in [5, 5.41) is 8.51. The van der Waals surface area contributed by atoms with E-state index in [0.717, 1.165) is 4.47 Å². The molecule has 12 heavy (non-hydrogen) atoms. The van der Waals surface area contributed by atoms with Crippen LogP contribution < -0.4 is 0 Å². The molecule has 0 aliphatic carbocycles. The van der Waals surface area contributed by atoms with Crippen LogP contribution in [-0.4, -0.2) is 4.98 Å². The van der Waals surface area contributed by atoms with Crippen LogP contribution in [0.4, 0.5) is 0 Å². The van der Waals surface area contributed by atoms with Crippen LogP contribution in [0, 0.1) is 11.3 Å². The van der Waals surface area contributed by atoms with Crippen molar-refractivity contribution in [1.82, 2.24) is 4.98 Å². The van der Waals surface area contributed by atoms with Crippen molar-refractivity contribution in [2.24, 2.45) is 0 Å². The Kier molecular flexibility index (Phi) is 1.59. The van der Waals surface area contributed by atoms with E-state index in [1.54, 1.807) is 6.07 Å². The third kappa shape index (κ3) is 0.990. The molecule has 0 radical (unpaired) electrons. The van der Waals surface area contributed by atoms with Crippen LogP contribution in [-0.2, 0) is 0 Å². The Bertz CT molecular complexity index is 469. The molecule has 58 valence electrons. The van der Waals surface area contributed by atoms with E-state index < -0.39 is 0 Å². The summed E-state index contributed by atoms with van der Waals surface area (Å²) >= 11 is 3.30. The van der Waals surface area contributed by atoms with E-state index in [4.69, 9.17) is 9.68 Å². The van der Waals surface area contributed by atoms with Gasteiger partial charge in [0.1, 0.15) is 5.52 Å². The Morgan fingerprint density at radius 1 is 1.50 bits per heavy atom. The van der Waals surface area contributed by atoms with E-state index in [9.17, 15) is 0 Å². The summed E-state index contributed by atoms with van der Waals surface area (Å²) in [6.45, 7) is 0. The molecule has 0 saturated heterocycles. The van der Waals surface area contributed by atoms with Crippen molar-refractivity contribution in [1.29, 1.82) is 5.26 Å². The first kappa shape index (κ1) is 7.32. The van der Waals surface area contributed by atoms with Gasteiger partial charge >= 0.3 is 5.89 Å². The third-order valence-corrected chi connectivity index (χ3v) is 2.09. The first-order valence-electron chi connectivity index (χ1n) is 3.26. The quantitative estimate of drug-likeness (QED) is 0.689. The molecule has 1 aromatic carbocycles. The second-order valence-corrected chi connectivity index (χ2v) is 3.07. The molecule has 0 bridgehead atoms. The predicted octanol–water partition coefficient (Wildman–Crippen LogP) is 2.46. The molecule has 0 saturated carbocycles. The number of hydrogen-bond acceptors (Lipinski definition) is 3. The molecular formula is C8H3BrN2O. The standard InChI is InChI=1S/C8H3BrN2O/c9-5-2-1-3-6-8(5)12-7(4-10)11-6/h1-3H. The van der Waals surface area contributed by atoms with Gasteiger partial charge in [0.25, 0.3) is 0 Å². The molecule has 2 aromatic rings. The highest BCUT2D eigenvalue weighted by molar-refractivity contribution is 9.10. The van der Waals surface area contributed by atoms with Crippen LogP contribution in [0.1, 0.15) is 5.89 Å². The zero-order valence-electron chi connectivity index (χ0n) is 5.91. The maximum Gasteiger partial charge on any atom is 0.301 e. The minimum absolute atomic E-state index is 0.0944. The largest absolute Gasteiger partial charge is 0.427 e. The first-order chi connectivity index (χ1) is 5.81. The third-order valence-electron chi connectivity index (χ3n) is 1.46. The Balaban J connectivity index is 2.85. The molecule has 0 aliphatic heterocycles. The van der Waals surface area contributed by atoms with Crippen LogP contribution in [0.15, 0.2) is 27.1 Å². The summed E-state index contributed by atoms with van der Waals surface area (Å²) in [7, 11) is 0. The van der Waals surface area contributed by atoms with Crippen molar-refractivity contribution < 1.29 is 4.42 Å². The van der Waals surface area contributed by atoms with Crippen LogP contribution in [0.2, 0.25) is 0 Å². The Hall–Kier alpha value is -1.34. The van der Waals surface area contributed by atoms with Crippen LogP contribution in [0.5, 0.6) is 0 Å². The number of para-hydroxylation sites is 1. The van der Waals surface area contributed by atoms with E-state index in [1.165, 1.54) is 0 Å². The molecule has 1 heterocycles. The number of halogens is 1. The fourth-order valence-corrected chi connectivity index (χ4v) is 1.40. The van der Waals surface area contributed by atoms with Gasteiger partial charge in [-0.2, -0.15) is 10.2 Å². The second kappa shape index (κ2) is 2.61.